The van der Waals surface area contributed by atoms with Crippen LogP contribution in [0.5, 0.6) is 5.75 Å². The molecule has 2 aliphatic heterocycles. The Morgan fingerprint density at radius 2 is 1.77 bits per heavy atom. The number of benzene rings is 2. The molecular formula is C33H31N7O4. The van der Waals surface area contributed by atoms with Gasteiger partial charge in [-0.3, -0.25) is 4.98 Å². The van der Waals surface area contributed by atoms with Gasteiger partial charge in [0.25, 0.3) is 0 Å². The van der Waals surface area contributed by atoms with Crippen LogP contribution in [-0.4, -0.2) is 75.4 Å². The lowest BCUT2D eigenvalue weighted by atomic mass is 9.97. The predicted molar refractivity (Wildman–Crippen MR) is 166 cm³/mol. The van der Waals surface area contributed by atoms with Gasteiger partial charge in [-0.25, -0.2) is 19.7 Å². The lowest BCUT2D eigenvalue weighted by Gasteiger charge is -2.35. The molecule has 0 aliphatic carbocycles. The van der Waals surface area contributed by atoms with Gasteiger partial charge in [0.15, 0.2) is 5.82 Å². The summed E-state index contributed by atoms with van der Waals surface area (Å²) < 4.78 is 10.8. The number of anilines is 3. The summed E-state index contributed by atoms with van der Waals surface area (Å²) in [4.78, 5) is 34.8. The molecule has 44 heavy (non-hydrogen) atoms. The molecule has 3 aromatic heterocycles. The number of ether oxygens (including phenoxy) is 2. The maximum absolute atomic E-state index is 12.7. The fourth-order valence-corrected chi connectivity index (χ4v) is 5.37. The van der Waals surface area contributed by atoms with E-state index in [0.717, 1.165) is 30.0 Å². The molecule has 5 aromatic rings. The number of carbonyl (C=O) groups excluding carboxylic acids is 1. The molecule has 2 N–H and O–H groups in total. The van der Waals surface area contributed by atoms with E-state index in [-0.39, 0.29) is 18.4 Å². The molecule has 2 aromatic carbocycles. The second-order valence-electron chi connectivity index (χ2n) is 10.8. The number of amides is 1. The second-order valence-corrected chi connectivity index (χ2v) is 10.8. The molecule has 0 unspecified atom stereocenters. The van der Waals surface area contributed by atoms with E-state index in [4.69, 9.17) is 19.4 Å². The molecule has 0 bridgehead atoms. The third kappa shape index (κ3) is 5.82. The van der Waals surface area contributed by atoms with E-state index in [1.54, 1.807) is 17.3 Å². The zero-order valence-electron chi connectivity index (χ0n) is 24.0. The summed E-state index contributed by atoms with van der Waals surface area (Å²) in [5.74, 6) is 2.20. The summed E-state index contributed by atoms with van der Waals surface area (Å²) in [5, 5.41) is 14.7. The molecule has 2 aliphatic rings. The van der Waals surface area contributed by atoms with Gasteiger partial charge in [-0.1, -0.05) is 42.5 Å². The number of carbonyl (C=O) groups is 1. The summed E-state index contributed by atoms with van der Waals surface area (Å²) in [6, 6.07) is 21.7. The van der Waals surface area contributed by atoms with Crippen LogP contribution in [0.3, 0.4) is 0 Å². The average molecular weight is 590 g/mol. The SMILES string of the molecule is O=C(OCc1ccccc1)N1CCN(c2nc(-c3ccnc(Nc4ccc(C5COC5)cc4)c3)nc3cncc(O)c23)CC1. The predicted octanol–water partition coefficient (Wildman–Crippen LogP) is 5.11. The number of aromatic hydroxyl groups is 1. The third-order valence-electron chi connectivity index (χ3n) is 7.92. The zero-order valence-corrected chi connectivity index (χ0v) is 24.0. The van der Waals surface area contributed by atoms with Crippen LogP contribution in [-0.2, 0) is 16.1 Å². The van der Waals surface area contributed by atoms with Crippen molar-refractivity contribution < 1.29 is 19.4 Å². The summed E-state index contributed by atoms with van der Waals surface area (Å²) >= 11 is 0. The Morgan fingerprint density at radius 1 is 0.977 bits per heavy atom. The molecule has 222 valence electrons. The van der Waals surface area contributed by atoms with Gasteiger partial charge >= 0.3 is 6.09 Å². The van der Waals surface area contributed by atoms with Crippen molar-refractivity contribution in [2.24, 2.45) is 0 Å². The van der Waals surface area contributed by atoms with Crippen LogP contribution in [0.2, 0.25) is 0 Å². The van der Waals surface area contributed by atoms with E-state index >= 15 is 0 Å². The van der Waals surface area contributed by atoms with Crippen molar-refractivity contribution in [1.29, 1.82) is 0 Å². The van der Waals surface area contributed by atoms with Crippen molar-refractivity contribution in [3.05, 3.63) is 96.4 Å². The molecule has 0 saturated carbocycles. The first-order valence-corrected chi connectivity index (χ1v) is 14.6. The quantitative estimate of drug-likeness (QED) is 0.265. The van der Waals surface area contributed by atoms with E-state index in [1.807, 2.05) is 54.6 Å². The Hall–Kier alpha value is -5.29. The largest absolute Gasteiger partial charge is 0.505 e. The van der Waals surface area contributed by atoms with Gasteiger partial charge in [-0.05, 0) is 35.4 Å². The number of fused-ring (bicyclic) bond motifs is 1. The van der Waals surface area contributed by atoms with Gasteiger partial charge in [0.1, 0.15) is 24.0 Å². The van der Waals surface area contributed by atoms with Gasteiger partial charge in [0.05, 0.1) is 36.5 Å². The number of nitrogens with one attached hydrogen (secondary N) is 1. The molecule has 0 atom stereocenters. The minimum atomic E-state index is -0.350. The molecule has 2 saturated heterocycles. The maximum atomic E-state index is 12.7. The lowest BCUT2D eigenvalue weighted by Crippen LogP contribution is -2.49. The monoisotopic (exact) mass is 589 g/mol. The first-order chi connectivity index (χ1) is 21.6. The summed E-state index contributed by atoms with van der Waals surface area (Å²) in [6.45, 7) is 3.71. The van der Waals surface area contributed by atoms with Gasteiger partial charge in [0, 0.05) is 49.5 Å². The highest BCUT2D eigenvalue weighted by atomic mass is 16.6. The molecule has 1 amide bonds. The highest BCUT2D eigenvalue weighted by Crippen LogP contribution is 2.34. The van der Waals surface area contributed by atoms with E-state index < -0.39 is 0 Å². The Balaban J connectivity index is 1.09. The first-order valence-electron chi connectivity index (χ1n) is 14.6. The second kappa shape index (κ2) is 12.1. The third-order valence-corrected chi connectivity index (χ3v) is 7.92. The summed E-state index contributed by atoms with van der Waals surface area (Å²) in [5.41, 5.74) is 4.42. The molecule has 0 spiro atoms. The Kier molecular flexibility index (Phi) is 7.60. The van der Waals surface area contributed by atoms with Crippen molar-refractivity contribution in [3.63, 3.8) is 0 Å². The molecule has 7 rings (SSSR count). The minimum absolute atomic E-state index is 0.00254. The van der Waals surface area contributed by atoms with Crippen molar-refractivity contribution in [2.45, 2.75) is 12.5 Å². The van der Waals surface area contributed by atoms with Crippen molar-refractivity contribution in [3.8, 4) is 17.1 Å². The normalized spacial score (nSPS) is 15.2. The molecular weight excluding hydrogens is 558 g/mol. The van der Waals surface area contributed by atoms with E-state index in [9.17, 15) is 9.90 Å². The number of aromatic nitrogens is 4. The highest BCUT2D eigenvalue weighted by molar-refractivity contribution is 5.95. The van der Waals surface area contributed by atoms with Gasteiger partial charge in [-0.15, -0.1) is 0 Å². The number of pyridine rings is 2. The van der Waals surface area contributed by atoms with Crippen LogP contribution >= 0.6 is 0 Å². The topological polar surface area (TPSA) is 126 Å². The van der Waals surface area contributed by atoms with Gasteiger partial charge in [-0.2, -0.15) is 0 Å². The van der Waals surface area contributed by atoms with Crippen molar-refractivity contribution in [2.75, 3.05) is 49.6 Å². The van der Waals surface area contributed by atoms with Crippen LogP contribution in [0.4, 0.5) is 22.1 Å². The Bertz CT molecular complexity index is 1770. The zero-order chi connectivity index (χ0) is 29.9. The van der Waals surface area contributed by atoms with Gasteiger partial charge < -0.3 is 29.7 Å². The smallest absolute Gasteiger partial charge is 0.410 e. The first kappa shape index (κ1) is 27.5. The summed E-state index contributed by atoms with van der Waals surface area (Å²) in [7, 11) is 0. The van der Waals surface area contributed by atoms with Gasteiger partial charge in [0.2, 0.25) is 0 Å². The lowest BCUT2D eigenvalue weighted by molar-refractivity contribution is 0.00843. The van der Waals surface area contributed by atoms with Crippen LogP contribution in [0, 0.1) is 0 Å². The molecule has 5 heterocycles. The number of nitrogens with zero attached hydrogens (tertiary/aromatic N) is 6. The Labute approximate surface area is 254 Å². The van der Waals surface area contributed by atoms with Crippen LogP contribution in [0.1, 0.15) is 17.0 Å². The molecule has 2 fully saturated rings. The van der Waals surface area contributed by atoms with Crippen LogP contribution in [0.15, 0.2) is 85.3 Å². The number of hydrogen-bond acceptors (Lipinski definition) is 10. The van der Waals surface area contributed by atoms with Crippen molar-refractivity contribution in [1.82, 2.24) is 24.8 Å². The summed E-state index contributed by atoms with van der Waals surface area (Å²) in [6.07, 6.45) is 4.38. The van der Waals surface area contributed by atoms with E-state index in [0.29, 0.717) is 60.5 Å². The minimum Gasteiger partial charge on any atom is -0.505 e. The standard InChI is InChI=1S/C33H31N7O4/c41-28-18-34-17-27-30(28)32(39-12-14-40(15-13-39)33(42)44-19-22-4-2-1-3-5-22)38-31(37-27)24-10-11-35-29(16-24)36-26-8-6-23(7-9-26)25-20-43-21-25/h1-11,16-18,25,41H,12-15,19-21H2,(H,35,36). The maximum Gasteiger partial charge on any atom is 0.410 e. The fraction of sp³-hybridized carbons (Fsp3) is 0.242. The number of hydrogen-bond donors (Lipinski definition) is 2. The van der Waals surface area contributed by atoms with E-state index in [1.165, 1.54) is 11.8 Å². The number of piperazine rings is 1. The Morgan fingerprint density at radius 3 is 2.52 bits per heavy atom. The van der Waals surface area contributed by atoms with Crippen LogP contribution in [0.25, 0.3) is 22.3 Å². The molecule has 0 radical (unpaired) electrons. The van der Waals surface area contributed by atoms with E-state index in [2.05, 4.69) is 32.3 Å². The average Bonchev–Trinajstić information content (AvgIpc) is 3.04. The highest BCUT2D eigenvalue weighted by Gasteiger charge is 2.26. The van der Waals surface area contributed by atoms with Crippen molar-refractivity contribution >= 4 is 34.3 Å². The molecule has 11 nitrogen and oxygen atoms in total. The molecule has 11 heteroatoms. The fourth-order valence-electron chi connectivity index (χ4n) is 5.37. The number of rotatable bonds is 7. The van der Waals surface area contributed by atoms with Crippen LogP contribution < -0.4 is 10.2 Å².